The van der Waals surface area contributed by atoms with Gasteiger partial charge < -0.3 is 10.6 Å². The first kappa shape index (κ1) is 24.6. The molecule has 0 bridgehead atoms. The van der Waals surface area contributed by atoms with Crippen LogP contribution in [0.5, 0.6) is 0 Å². The zero-order valence-electron chi connectivity index (χ0n) is 19.2. The highest BCUT2D eigenvalue weighted by Gasteiger charge is 2.42. The fraction of sp³-hybridized carbons (Fsp3) is 0.333. The molecule has 2 aliphatic heterocycles. The highest BCUT2D eigenvalue weighted by atomic mass is 32.2. The van der Waals surface area contributed by atoms with Crippen LogP contribution >= 0.6 is 0 Å². The van der Waals surface area contributed by atoms with Crippen LogP contribution in [0.15, 0.2) is 53.4 Å². The lowest BCUT2D eigenvalue weighted by atomic mass is 9.72. The van der Waals surface area contributed by atoms with Crippen molar-refractivity contribution in [2.75, 3.05) is 25.0 Å². The lowest BCUT2D eigenvalue weighted by molar-refractivity contribution is -0.138. The minimum absolute atomic E-state index is 0.0713. The van der Waals surface area contributed by atoms with Crippen molar-refractivity contribution in [3.8, 4) is 0 Å². The van der Waals surface area contributed by atoms with Gasteiger partial charge in [-0.1, -0.05) is 25.1 Å². The standard InChI is InChI=1S/C24H26N4O6S/c1-2-24(11-10-20(29)27-23(24)32)17-6-8-18(9-7-17)26-22(31)16-4-3-5-19(14-16)35(33,34)28-13-12-25-21(30)15-28/h3-9,14H,2,10-13,15H2,1H3,(H,25,30)(H,26,31)(H,27,29,32). The number of carbonyl (C=O) groups excluding carboxylic acids is 4. The van der Waals surface area contributed by atoms with Crippen LogP contribution in [0.3, 0.4) is 0 Å². The van der Waals surface area contributed by atoms with E-state index in [9.17, 15) is 27.6 Å². The Balaban J connectivity index is 1.50. The van der Waals surface area contributed by atoms with Gasteiger partial charge in [0.15, 0.2) is 0 Å². The summed E-state index contributed by atoms with van der Waals surface area (Å²) in [7, 11) is -3.93. The lowest BCUT2D eigenvalue weighted by Gasteiger charge is -2.35. The Kier molecular flexibility index (Phi) is 6.73. The first-order valence-electron chi connectivity index (χ1n) is 11.3. The molecular formula is C24H26N4O6S. The molecule has 1 unspecified atom stereocenters. The van der Waals surface area contributed by atoms with E-state index in [0.29, 0.717) is 18.5 Å². The van der Waals surface area contributed by atoms with Gasteiger partial charge in [-0.3, -0.25) is 24.5 Å². The second kappa shape index (κ2) is 9.59. The van der Waals surface area contributed by atoms with Gasteiger partial charge in [0.2, 0.25) is 27.7 Å². The smallest absolute Gasteiger partial charge is 0.255 e. The number of sulfonamides is 1. The summed E-state index contributed by atoms with van der Waals surface area (Å²) in [6.45, 7) is 2.01. The minimum atomic E-state index is -3.93. The first-order valence-corrected chi connectivity index (χ1v) is 12.7. The van der Waals surface area contributed by atoms with E-state index in [1.807, 2.05) is 6.92 Å². The molecule has 2 fully saturated rings. The summed E-state index contributed by atoms with van der Waals surface area (Å²) in [4.78, 5) is 48.5. The van der Waals surface area contributed by atoms with Crippen molar-refractivity contribution in [1.82, 2.24) is 14.9 Å². The van der Waals surface area contributed by atoms with E-state index >= 15 is 0 Å². The number of amides is 4. The van der Waals surface area contributed by atoms with Crippen LogP contribution in [0.25, 0.3) is 0 Å². The molecule has 4 rings (SSSR count). The fourth-order valence-corrected chi connectivity index (χ4v) is 5.85. The van der Waals surface area contributed by atoms with Crippen LogP contribution in [0.2, 0.25) is 0 Å². The fourth-order valence-electron chi connectivity index (χ4n) is 4.41. The SMILES string of the molecule is CCC1(c2ccc(NC(=O)c3cccc(S(=O)(=O)N4CCNC(=O)C4)c3)cc2)CCC(=O)NC1=O. The number of benzene rings is 2. The third-order valence-electron chi connectivity index (χ3n) is 6.50. The highest BCUT2D eigenvalue weighted by Crippen LogP contribution is 2.36. The normalized spacial score (nSPS) is 21.2. The molecule has 3 N–H and O–H groups in total. The number of imide groups is 1. The van der Waals surface area contributed by atoms with Crippen LogP contribution in [-0.2, 0) is 29.8 Å². The Hall–Kier alpha value is -3.57. The van der Waals surface area contributed by atoms with Gasteiger partial charge in [0, 0.05) is 30.8 Å². The summed E-state index contributed by atoms with van der Waals surface area (Å²) in [6.07, 6.45) is 1.21. The Morgan fingerprint density at radius 1 is 1.09 bits per heavy atom. The Morgan fingerprint density at radius 3 is 2.49 bits per heavy atom. The summed E-state index contributed by atoms with van der Waals surface area (Å²) in [5.74, 6) is -1.48. The molecule has 2 aromatic rings. The molecule has 1 atom stereocenters. The third kappa shape index (κ3) is 4.82. The van der Waals surface area contributed by atoms with E-state index in [1.165, 1.54) is 24.3 Å². The van der Waals surface area contributed by atoms with Gasteiger partial charge in [0.25, 0.3) is 5.91 Å². The van der Waals surface area contributed by atoms with Crippen LogP contribution in [0.4, 0.5) is 5.69 Å². The van der Waals surface area contributed by atoms with E-state index in [1.54, 1.807) is 24.3 Å². The molecule has 2 saturated heterocycles. The molecule has 2 aliphatic rings. The molecule has 0 aromatic heterocycles. The topological polar surface area (TPSA) is 142 Å². The largest absolute Gasteiger partial charge is 0.354 e. The molecule has 184 valence electrons. The molecular weight excluding hydrogens is 472 g/mol. The number of rotatable bonds is 6. The van der Waals surface area contributed by atoms with Gasteiger partial charge in [0.1, 0.15) is 0 Å². The van der Waals surface area contributed by atoms with Crippen LogP contribution in [0, 0.1) is 0 Å². The number of nitrogens with zero attached hydrogens (tertiary/aromatic N) is 1. The zero-order valence-corrected chi connectivity index (χ0v) is 20.0. The van der Waals surface area contributed by atoms with Crippen molar-refractivity contribution in [3.63, 3.8) is 0 Å². The van der Waals surface area contributed by atoms with Crippen molar-refractivity contribution in [1.29, 1.82) is 0 Å². The maximum absolute atomic E-state index is 12.9. The van der Waals surface area contributed by atoms with Crippen molar-refractivity contribution in [3.05, 3.63) is 59.7 Å². The van der Waals surface area contributed by atoms with E-state index in [4.69, 9.17) is 0 Å². The van der Waals surface area contributed by atoms with Gasteiger partial charge in [-0.05, 0) is 48.7 Å². The predicted octanol–water partition coefficient (Wildman–Crippen LogP) is 1.14. The molecule has 2 aromatic carbocycles. The average molecular weight is 499 g/mol. The van der Waals surface area contributed by atoms with E-state index in [2.05, 4.69) is 16.0 Å². The third-order valence-corrected chi connectivity index (χ3v) is 8.34. The number of hydrogen-bond donors (Lipinski definition) is 3. The molecule has 35 heavy (non-hydrogen) atoms. The maximum Gasteiger partial charge on any atom is 0.255 e. The first-order chi connectivity index (χ1) is 16.7. The van der Waals surface area contributed by atoms with Crippen molar-refractivity contribution < 1.29 is 27.6 Å². The van der Waals surface area contributed by atoms with Gasteiger partial charge >= 0.3 is 0 Å². The number of carbonyl (C=O) groups is 4. The monoisotopic (exact) mass is 498 g/mol. The van der Waals surface area contributed by atoms with Crippen molar-refractivity contribution >= 4 is 39.3 Å². The molecule has 0 saturated carbocycles. The number of nitrogens with one attached hydrogen (secondary N) is 3. The Labute approximate surface area is 203 Å². The lowest BCUT2D eigenvalue weighted by Crippen LogP contribution is -2.51. The molecule has 0 spiro atoms. The van der Waals surface area contributed by atoms with Gasteiger partial charge in [-0.25, -0.2) is 8.42 Å². The van der Waals surface area contributed by atoms with E-state index < -0.39 is 21.3 Å². The van der Waals surface area contributed by atoms with Gasteiger partial charge in [0.05, 0.1) is 16.9 Å². The second-order valence-corrected chi connectivity index (χ2v) is 10.5. The Morgan fingerprint density at radius 2 is 1.83 bits per heavy atom. The van der Waals surface area contributed by atoms with Crippen molar-refractivity contribution in [2.45, 2.75) is 36.5 Å². The number of hydrogen-bond acceptors (Lipinski definition) is 6. The van der Waals surface area contributed by atoms with E-state index in [0.717, 1.165) is 9.87 Å². The quantitative estimate of drug-likeness (QED) is 0.510. The van der Waals surface area contributed by atoms with Crippen molar-refractivity contribution in [2.24, 2.45) is 0 Å². The number of piperazine rings is 1. The van der Waals surface area contributed by atoms with Gasteiger partial charge in [-0.2, -0.15) is 4.31 Å². The van der Waals surface area contributed by atoms with E-state index in [-0.39, 0.29) is 54.2 Å². The minimum Gasteiger partial charge on any atom is -0.354 e. The molecule has 0 radical (unpaired) electrons. The summed E-state index contributed by atoms with van der Waals surface area (Å²) in [6, 6.07) is 12.5. The molecule has 11 heteroatoms. The molecule has 10 nitrogen and oxygen atoms in total. The zero-order chi connectivity index (χ0) is 25.2. The summed E-state index contributed by atoms with van der Waals surface area (Å²) < 4.78 is 26.9. The summed E-state index contributed by atoms with van der Waals surface area (Å²) in [5.41, 5.74) is 0.566. The molecule has 0 aliphatic carbocycles. The van der Waals surface area contributed by atoms with Crippen LogP contribution < -0.4 is 16.0 Å². The number of anilines is 1. The van der Waals surface area contributed by atoms with Gasteiger partial charge in [-0.15, -0.1) is 0 Å². The Bertz CT molecular complexity index is 1290. The highest BCUT2D eigenvalue weighted by molar-refractivity contribution is 7.89. The number of piperidine rings is 1. The predicted molar refractivity (Wildman–Crippen MR) is 127 cm³/mol. The molecule has 2 heterocycles. The van der Waals surface area contributed by atoms with Crippen LogP contribution in [-0.4, -0.2) is 56.0 Å². The molecule has 4 amide bonds. The summed E-state index contributed by atoms with van der Waals surface area (Å²) in [5, 5.41) is 7.73. The average Bonchev–Trinajstić information content (AvgIpc) is 2.85. The maximum atomic E-state index is 12.9. The van der Waals surface area contributed by atoms with Crippen LogP contribution in [0.1, 0.15) is 42.1 Å². The second-order valence-electron chi connectivity index (χ2n) is 8.56. The summed E-state index contributed by atoms with van der Waals surface area (Å²) >= 11 is 0.